The number of fused-ring (bicyclic) bond motifs is 1. The monoisotopic (exact) mass is 276 g/mol. The van der Waals surface area contributed by atoms with Gasteiger partial charge in [0.15, 0.2) is 0 Å². The van der Waals surface area contributed by atoms with Crippen LogP contribution in [0.15, 0.2) is 67.0 Å². The minimum absolute atomic E-state index is 0.0374. The minimum Gasteiger partial charge on any atom is -0.352 e. The number of aromatic nitrogens is 1. The van der Waals surface area contributed by atoms with Crippen LogP contribution in [0.5, 0.6) is 0 Å². The van der Waals surface area contributed by atoms with E-state index >= 15 is 0 Å². The fraction of sp³-hybridized carbons (Fsp3) is 0.111. The van der Waals surface area contributed by atoms with Crippen LogP contribution in [-0.2, 0) is 6.42 Å². The molecule has 0 bridgehead atoms. The van der Waals surface area contributed by atoms with Crippen LogP contribution < -0.4 is 5.32 Å². The molecule has 104 valence electrons. The van der Waals surface area contributed by atoms with Gasteiger partial charge in [-0.25, -0.2) is 0 Å². The second-order valence-corrected chi connectivity index (χ2v) is 4.93. The third-order valence-electron chi connectivity index (χ3n) is 3.43. The van der Waals surface area contributed by atoms with Gasteiger partial charge < -0.3 is 5.32 Å². The molecule has 1 N–H and O–H groups in total. The molecule has 3 nitrogen and oxygen atoms in total. The van der Waals surface area contributed by atoms with E-state index in [1.165, 1.54) is 0 Å². The van der Waals surface area contributed by atoms with Gasteiger partial charge in [-0.3, -0.25) is 9.78 Å². The number of carbonyl (C=O) groups excluding carboxylic acids is 1. The summed E-state index contributed by atoms with van der Waals surface area (Å²) in [6.45, 7) is 0.608. The lowest BCUT2D eigenvalue weighted by Gasteiger charge is -2.06. The first kappa shape index (κ1) is 13.3. The van der Waals surface area contributed by atoms with Gasteiger partial charge in [-0.1, -0.05) is 36.4 Å². The van der Waals surface area contributed by atoms with Crippen molar-refractivity contribution < 1.29 is 4.79 Å². The van der Waals surface area contributed by atoms with Crippen molar-refractivity contribution in [2.45, 2.75) is 6.42 Å². The maximum absolute atomic E-state index is 12.2. The average Bonchev–Trinajstić information content (AvgIpc) is 2.55. The van der Waals surface area contributed by atoms with Crippen LogP contribution in [0.1, 0.15) is 15.9 Å². The van der Waals surface area contributed by atoms with Crippen molar-refractivity contribution in [1.82, 2.24) is 10.3 Å². The molecule has 0 unspecified atom stereocenters. The summed E-state index contributed by atoms with van der Waals surface area (Å²) in [5.74, 6) is -0.0374. The lowest BCUT2D eigenvalue weighted by Crippen LogP contribution is -2.25. The summed E-state index contributed by atoms with van der Waals surface area (Å²) in [6, 6.07) is 17.7. The summed E-state index contributed by atoms with van der Waals surface area (Å²) < 4.78 is 0. The van der Waals surface area contributed by atoms with Crippen LogP contribution in [0, 0.1) is 0 Å². The van der Waals surface area contributed by atoms with Gasteiger partial charge in [0.2, 0.25) is 0 Å². The third kappa shape index (κ3) is 3.26. The molecule has 0 saturated carbocycles. The number of benzene rings is 2. The van der Waals surface area contributed by atoms with Crippen molar-refractivity contribution in [2.75, 3.05) is 6.54 Å². The van der Waals surface area contributed by atoms with Crippen molar-refractivity contribution in [3.05, 3.63) is 78.1 Å². The standard InChI is InChI=1S/C18H16N2O/c21-18(20-11-9-14-4-3-10-19-13-14)17-8-7-15-5-1-2-6-16(15)12-17/h1-8,10,12-13H,9,11H2,(H,20,21). The van der Waals surface area contributed by atoms with Gasteiger partial charge in [-0.2, -0.15) is 0 Å². The Morgan fingerprint density at radius 1 is 1.00 bits per heavy atom. The van der Waals surface area contributed by atoms with Gasteiger partial charge in [-0.05, 0) is 41.0 Å². The quantitative estimate of drug-likeness (QED) is 0.795. The largest absolute Gasteiger partial charge is 0.352 e. The SMILES string of the molecule is O=C(NCCc1cccnc1)c1ccc2ccccc2c1. The third-order valence-corrected chi connectivity index (χ3v) is 3.43. The van der Waals surface area contributed by atoms with E-state index < -0.39 is 0 Å². The summed E-state index contributed by atoms with van der Waals surface area (Å²) in [6.07, 6.45) is 4.35. The minimum atomic E-state index is -0.0374. The highest BCUT2D eigenvalue weighted by Crippen LogP contribution is 2.15. The molecule has 0 radical (unpaired) electrons. The summed E-state index contributed by atoms with van der Waals surface area (Å²) in [5, 5.41) is 5.17. The van der Waals surface area contributed by atoms with Gasteiger partial charge in [0.05, 0.1) is 0 Å². The fourth-order valence-electron chi connectivity index (χ4n) is 2.30. The van der Waals surface area contributed by atoms with Crippen molar-refractivity contribution >= 4 is 16.7 Å². The molecule has 0 aliphatic carbocycles. The molecule has 1 aromatic heterocycles. The van der Waals surface area contributed by atoms with E-state index in [4.69, 9.17) is 0 Å². The fourth-order valence-corrected chi connectivity index (χ4v) is 2.30. The Hall–Kier alpha value is -2.68. The van der Waals surface area contributed by atoms with E-state index in [0.717, 1.165) is 22.8 Å². The summed E-state index contributed by atoms with van der Waals surface area (Å²) >= 11 is 0. The zero-order valence-corrected chi connectivity index (χ0v) is 11.6. The zero-order chi connectivity index (χ0) is 14.5. The van der Waals surface area contributed by atoms with Crippen LogP contribution in [0.4, 0.5) is 0 Å². The Morgan fingerprint density at radius 2 is 1.86 bits per heavy atom. The van der Waals surface area contributed by atoms with E-state index in [-0.39, 0.29) is 5.91 Å². The van der Waals surface area contributed by atoms with Crippen molar-refractivity contribution in [3.63, 3.8) is 0 Å². The van der Waals surface area contributed by atoms with Crippen LogP contribution in [0.2, 0.25) is 0 Å². The van der Waals surface area contributed by atoms with E-state index in [0.29, 0.717) is 12.1 Å². The van der Waals surface area contributed by atoms with Gasteiger partial charge >= 0.3 is 0 Å². The van der Waals surface area contributed by atoms with Crippen LogP contribution >= 0.6 is 0 Å². The number of hydrogen-bond acceptors (Lipinski definition) is 2. The maximum atomic E-state index is 12.2. The molecule has 0 aliphatic rings. The van der Waals surface area contributed by atoms with Gasteiger partial charge in [0.1, 0.15) is 0 Å². The second-order valence-electron chi connectivity index (χ2n) is 4.93. The van der Waals surface area contributed by atoms with Gasteiger partial charge in [0, 0.05) is 24.5 Å². The highest BCUT2D eigenvalue weighted by molar-refractivity contribution is 5.98. The Kier molecular flexibility index (Phi) is 3.92. The first-order valence-electron chi connectivity index (χ1n) is 6.99. The number of carbonyl (C=O) groups is 1. The van der Waals surface area contributed by atoms with E-state index in [1.54, 1.807) is 6.20 Å². The topological polar surface area (TPSA) is 42.0 Å². The van der Waals surface area contributed by atoms with Crippen LogP contribution in [0.25, 0.3) is 10.8 Å². The molecule has 2 aromatic carbocycles. The molecule has 1 heterocycles. The maximum Gasteiger partial charge on any atom is 0.251 e. The highest BCUT2D eigenvalue weighted by Gasteiger charge is 2.05. The number of rotatable bonds is 4. The Morgan fingerprint density at radius 3 is 2.67 bits per heavy atom. The molecule has 1 amide bonds. The Balaban J connectivity index is 1.64. The molecular weight excluding hydrogens is 260 g/mol. The average molecular weight is 276 g/mol. The lowest BCUT2D eigenvalue weighted by atomic mass is 10.1. The van der Waals surface area contributed by atoms with Crippen molar-refractivity contribution in [1.29, 1.82) is 0 Å². The molecular formula is C18H16N2O. The Bertz CT molecular complexity index is 753. The summed E-state index contributed by atoms with van der Waals surface area (Å²) in [5.41, 5.74) is 1.82. The molecule has 3 heteroatoms. The molecule has 0 atom stereocenters. The normalized spacial score (nSPS) is 10.5. The van der Waals surface area contributed by atoms with Crippen LogP contribution in [-0.4, -0.2) is 17.4 Å². The van der Waals surface area contributed by atoms with E-state index in [9.17, 15) is 4.79 Å². The second kappa shape index (κ2) is 6.18. The number of amides is 1. The number of nitrogens with one attached hydrogen (secondary N) is 1. The molecule has 0 saturated heterocycles. The van der Waals surface area contributed by atoms with Gasteiger partial charge in [-0.15, -0.1) is 0 Å². The van der Waals surface area contributed by atoms with Gasteiger partial charge in [0.25, 0.3) is 5.91 Å². The first-order chi connectivity index (χ1) is 10.3. The molecule has 0 spiro atoms. The number of hydrogen-bond donors (Lipinski definition) is 1. The first-order valence-corrected chi connectivity index (χ1v) is 6.99. The smallest absolute Gasteiger partial charge is 0.251 e. The lowest BCUT2D eigenvalue weighted by molar-refractivity contribution is 0.0954. The van der Waals surface area contributed by atoms with Crippen molar-refractivity contribution in [2.24, 2.45) is 0 Å². The van der Waals surface area contributed by atoms with Crippen LogP contribution in [0.3, 0.4) is 0 Å². The molecule has 0 fully saturated rings. The summed E-state index contributed by atoms with van der Waals surface area (Å²) in [7, 11) is 0. The number of nitrogens with zero attached hydrogens (tertiary/aromatic N) is 1. The predicted molar refractivity (Wildman–Crippen MR) is 84.2 cm³/mol. The van der Waals surface area contributed by atoms with E-state index in [2.05, 4.69) is 10.3 Å². The zero-order valence-electron chi connectivity index (χ0n) is 11.6. The Labute approximate surface area is 123 Å². The molecule has 0 aliphatic heterocycles. The molecule has 3 rings (SSSR count). The highest BCUT2D eigenvalue weighted by atomic mass is 16.1. The van der Waals surface area contributed by atoms with Crippen molar-refractivity contribution in [3.8, 4) is 0 Å². The van der Waals surface area contributed by atoms with E-state index in [1.807, 2.05) is 60.8 Å². The molecule has 3 aromatic rings. The predicted octanol–water partition coefficient (Wildman–Crippen LogP) is 3.21. The molecule has 21 heavy (non-hydrogen) atoms. The number of pyridine rings is 1. The summed E-state index contributed by atoms with van der Waals surface area (Å²) in [4.78, 5) is 16.2.